The molecule has 2 rings (SSSR count). The molecule has 2 aromatic rings. The molecule has 0 saturated carbocycles. The number of rotatable bonds is 7. The fourth-order valence-electron chi connectivity index (χ4n) is 2.10. The van der Waals surface area contributed by atoms with Crippen LogP contribution in [-0.4, -0.2) is 24.5 Å². The van der Waals surface area contributed by atoms with E-state index in [2.05, 4.69) is 12.2 Å². The van der Waals surface area contributed by atoms with E-state index in [1.807, 2.05) is 48.5 Å². The first-order valence-electron chi connectivity index (χ1n) is 8.08. The highest BCUT2D eigenvalue weighted by molar-refractivity contribution is 6.30. The predicted molar refractivity (Wildman–Crippen MR) is 98.8 cm³/mol. The van der Waals surface area contributed by atoms with Gasteiger partial charge in [0, 0.05) is 24.3 Å². The Morgan fingerprint density at radius 1 is 1.12 bits per heavy atom. The molecule has 128 valence electrons. The molecule has 0 spiro atoms. The number of benzene rings is 2. The zero-order valence-electron chi connectivity index (χ0n) is 14.1. The summed E-state index contributed by atoms with van der Waals surface area (Å²) >= 11 is 5.86. The van der Waals surface area contributed by atoms with Crippen LogP contribution in [0.1, 0.15) is 25.3 Å². The highest BCUT2D eigenvalue weighted by atomic mass is 35.5. The molecule has 0 unspecified atom stereocenters. The Bertz CT molecular complexity index is 641. The molecule has 2 aromatic carbocycles. The van der Waals surface area contributed by atoms with Gasteiger partial charge >= 0.3 is 6.03 Å². The van der Waals surface area contributed by atoms with Gasteiger partial charge in [0.15, 0.2) is 0 Å². The summed E-state index contributed by atoms with van der Waals surface area (Å²) in [7, 11) is 1.80. The largest absolute Gasteiger partial charge is 0.489 e. The standard InChI is InChI=1S/C19H23ClN2O2/c1-3-4-13-22(2)19(23)21-17-9-11-18(12-10-17)24-14-15-5-7-16(20)8-6-15/h5-12H,3-4,13-14H2,1-2H3,(H,21,23). The summed E-state index contributed by atoms with van der Waals surface area (Å²) in [5.74, 6) is 0.752. The number of nitrogens with one attached hydrogen (secondary N) is 1. The van der Waals surface area contributed by atoms with E-state index in [1.54, 1.807) is 11.9 Å². The number of carbonyl (C=O) groups is 1. The second kappa shape index (κ2) is 9.18. The number of unbranched alkanes of at least 4 members (excludes halogenated alkanes) is 1. The lowest BCUT2D eigenvalue weighted by Gasteiger charge is -2.17. The summed E-state index contributed by atoms with van der Waals surface area (Å²) in [6.45, 7) is 3.34. The Hall–Kier alpha value is -2.20. The second-order valence-corrected chi connectivity index (χ2v) is 6.08. The lowest BCUT2D eigenvalue weighted by Crippen LogP contribution is -2.32. The average Bonchev–Trinajstić information content (AvgIpc) is 2.60. The number of hydrogen-bond donors (Lipinski definition) is 1. The van der Waals surface area contributed by atoms with Crippen LogP contribution in [0.5, 0.6) is 5.75 Å². The van der Waals surface area contributed by atoms with E-state index in [9.17, 15) is 4.79 Å². The number of nitrogens with zero attached hydrogens (tertiary/aromatic N) is 1. The minimum absolute atomic E-state index is 0.0988. The number of urea groups is 1. The van der Waals surface area contributed by atoms with Crippen LogP contribution < -0.4 is 10.1 Å². The third kappa shape index (κ3) is 5.78. The van der Waals surface area contributed by atoms with E-state index in [-0.39, 0.29) is 6.03 Å². The first kappa shape index (κ1) is 18.1. The Kier molecular flexibility index (Phi) is 6.94. The third-order valence-corrected chi connectivity index (χ3v) is 3.87. The summed E-state index contributed by atoms with van der Waals surface area (Å²) in [6.07, 6.45) is 2.07. The third-order valence-electron chi connectivity index (χ3n) is 3.62. The van der Waals surface area contributed by atoms with E-state index in [1.165, 1.54) is 0 Å². The van der Waals surface area contributed by atoms with Crippen LogP contribution in [0, 0.1) is 0 Å². The molecule has 0 aliphatic rings. The van der Waals surface area contributed by atoms with Crippen molar-refractivity contribution in [3.63, 3.8) is 0 Å². The molecule has 0 radical (unpaired) electrons. The molecule has 0 bridgehead atoms. The van der Waals surface area contributed by atoms with Gasteiger partial charge in [0.2, 0.25) is 0 Å². The topological polar surface area (TPSA) is 41.6 Å². The van der Waals surface area contributed by atoms with Crippen LogP contribution >= 0.6 is 11.6 Å². The van der Waals surface area contributed by atoms with Crippen molar-refractivity contribution >= 4 is 23.3 Å². The molecule has 24 heavy (non-hydrogen) atoms. The van der Waals surface area contributed by atoms with Crippen molar-refractivity contribution in [2.45, 2.75) is 26.4 Å². The molecule has 1 N–H and O–H groups in total. The number of ether oxygens (including phenoxy) is 1. The normalized spacial score (nSPS) is 10.3. The highest BCUT2D eigenvalue weighted by Gasteiger charge is 2.07. The predicted octanol–water partition coefficient (Wildman–Crippen LogP) is 5.18. The van der Waals surface area contributed by atoms with E-state index < -0.39 is 0 Å². The van der Waals surface area contributed by atoms with Crippen molar-refractivity contribution in [1.29, 1.82) is 0 Å². The Balaban J connectivity index is 1.84. The monoisotopic (exact) mass is 346 g/mol. The van der Waals surface area contributed by atoms with Gasteiger partial charge in [-0.1, -0.05) is 37.1 Å². The van der Waals surface area contributed by atoms with Crippen molar-refractivity contribution in [3.05, 3.63) is 59.1 Å². The number of halogens is 1. The maximum absolute atomic E-state index is 12.0. The molecule has 0 aromatic heterocycles. The van der Waals surface area contributed by atoms with Crippen LogP contribution in [0.25, 0.3) is 0 Å². The molecule has 4 nitrogen and oxygen atoms in total. The van der Waals surface area contributed by atoms with Gasteiger partial charge in [0.05, 0.1) is 0 Å². The first-order chi connectivity index (χ1) is 11.6. The summed E-state index contributed by atoms with van der Waals surface area (Å²) < 4.78 is 5.73. The van der Waals surface area contributed by atoms with Crippen molar-refractivity contribution in [2.75, 3.05) is 18.9 Å². The van der Waals surface area contributed by atoms with Gasteiger partial charge in [0.1, 0.15) is 12.4 Å². The number of carbonyl (C=O) groups excluding carboxylic acids is 1. The van der Waals surface area contributed by atoms with Crippen LogP contribution in [0.4, 0.5) is 10.5 Å². The summed E-state index contributed by atoms with van der Waals surface area (Å²) in [5.41, 5.74) is 1.80. The fourth-order valence-corrected chi connectivity index (χ4v) is 2.22. The summed E-state index contributed by atoms with van der Waals surface area (Å²) in [6, 6.07) is 14.8. The Labute approximate surface area is 148 Å². The molecule has 0 fully saturated rings. The first-order valence-corrected chi connectivity index (χ1v) is 8.45. The lowest BCUT2D eigenvalue weighted by atomic mass is 10.2. The van der Waals surface area contributed by atoms with E-state index >= 15 is 0 Å². The van der Waals surface area contributed by atoms with Crippen LogP contribution in [-0.2, 0) is 6.61 Å². The maximum Gasteiger partial charge on any atom is 0.321 e. The molecule has 0 heterocycles. The quantitative estimate of drug-likeness (QED) is 0.750. The second-order valence-electron chi connectivity index (χ2n) is 5.64. The van der Waals surface area contributed by atoms with Crippen LogP contribution in [0.3, 0.4) is 0 Å². The molecule has 5 heteroatoms. The number of amides is 2. The van der Waals surface area contributed by atoms with Gasteiger partial charge in [-0.3, -0.25) is 0 Å². The van der Waals surface area contributed by atoms with Gasteiger partial charge in [-0.2, -0.15) is 0 Å². The molecular formula is C19H23ClN2O2. The molecule has 2 amide bonds. The van der Waals surface area contributed by atoms with E-state index in [0.29, 0.717) is 11.6 Å². The minimum atomic E-state index is -0.0988. The van der Waals surface area contributed by atoms with Crippen LogP contribution in [0.15, 0.2) is 48.5 Å². The van der Waals surface area contributed by atoms with Crippen molar-refractivity contribution in [2.24, 2.45) is 0 Å². The average molecular weight is 347 g/mol. The van der Waals surface area contributed by atoms with Gasteiger partial charge in [0.25, 0.3) is 0 Å². The molecule has 0 aliphatic carbocycles. The minimum Gasteiger partial charge on any atom is -0.489 e. The number of hydrogen-bond acceptors (Lipinski definition) is 2. The molecule has 0 saturated heterocycles. The summed E-state index contributed by atoms with van der Waals surface area (Å²) in [5, 5.41) is 3.59. The highest BCUT2D eigenvalue weighted by Crippen LogP contribution is 2.18. The smallest absolute Gasteiger partial charge is 0.321 e. The Morgan fingerprint density at radius 3 is 2.42 bits per heavy atom. The zero-order chi connectivity index (χ0) is 17.4. The van der Waals surface area contributed by atoms with Gasteiger partial charge in [-0.05, 0) is 48.4 Å². The zero-order valence-corrected chi connectivity index (χ0v) is 14.8. The van der Waals surface area contributed by atoms with E-state index in [4.69, 9.17) is 16.3 Å². The van der Waals surface area contributed by atoms with Crippen LogP contribution in [0.2, 0.25) is 5.02 Å². The molecule has 0 atom stereocenters. The number of anilines is 1. The van der Waals surface area contributed by atoms with Crippen molar-refractivity contribution in [3.8, 4) is 5.75 Å². The van der Waals surface area contributed by atoms with E-state index in [0.717, 1.165) is 36.4 Å². The molecule has 0 aliphatic heterocycles. The van der Waals surface area contributed by atoms with Crippen molar-refractivity contribution in [1.82, 2.24) is 4.90 Å². The Morgan fingerprint density at radius 2 is 1.79 bits per heavy atom. The van der Waals surface area contributed by atoms with Gasteiger partial charge < -0.3 is 15.0 Å². The molecular weight excluding hydrogens is 324 g/mol. The van der Waals surface area contributed by atoms with Gasteiger partial charge in [-0.15, -0.1) is 0 Å². The maximum atomic E-state index is 12.0. The summed E-state index contributed by atoms with van der Waals surface area (Å²) in [4.78, 5) is 13.7. The van der Waals surface area contributed by atoms with Crippen molar-refractivity contribution < 1.29 is 9.53 Å². The SMILES string of the molecule is CCCCN(C)C(=O)Nc1ccc(OCc2ccc(Cl)cc2)cc1. The van der Waals surface area contributed by atoms with Gasteiger partial charge in [-0.25, -0.2) is 4.79 Å². The fraction of sp³-hybridized carbons (Fsp3) is 0.316. The lowest BCUT2D eigenvalue weighted by molar-refractivity contribution is 0.222.